The molecule has 3 aromatic rings. The molecule has 1 atom stereocenters. The average molecular weight is 474 g/mol. The number of aromatic nitrogens is 5. The van der Waals surface area contributed by atoms with E-state index in [-0.39, 0.29) is 17.1 Å². The monoisotopic (exact) mass is 474 g/mol. The van der Waals surface area contributed by atoms with Crippen molar-refractivity contribution in [3.8, 4) is 22.6 Å². The molecule has 0 unspecified atom stereocenters. The topological polar surface area (TPSA) is 151 Å². The van der Waals surface area contributed by atoms with E-state index in [0.717, 1.165) is 11.0 Å². The number of hydrogen-bond acceptors (Lipinski definition) is 11. The van der Waals surface area contributed by atoms with E-state index in [1.807, 2.05) is 0 Å². The average Bonchev–Trinajstić information content (AvgIpc) is 3.47. The number of aliphatic hydroxyl groups is 1. The molecule has 6 heterocycles. The number of aliphatic hydroxyl groups excluding tert-OH is 1. The quantitative estimate of drug-likeness (QED) is 0.542. The molecule has 4 fully saturated rings. The van der Waals surface area contributed by atoms with Gasteiger partial charge in [-0.2, -0.15) is 0 Å². The second-order valence-corrected chi connectivity index (χ2v) is 8.57. The summed E-state index contributed by atoms with van der Waals surface area (Å²) < 4.78 is 47.6. The molecule has 2 aromatic heterocycles. The minimum absolute atomic E-state index is 0.0249. The van der Waals surface area contributed by atoms with Crippen LogP contribution in [-0.4, -0.2) is 54.7 Å². The van der Waals surface area contributed by atoms with E-state index in [1.54, 1.807) is 12.1 Å². The number of phosphoric acid groups is 1. The molecule has 1 N–H and O–H groups in total. The van der Waals surface area contributed by atoms with Crippen molar-refractivity contribution in [2.24, 2.45) is 0 Å². The lowest BCUT2D eigenvalue weighted by Crippen LogP contribution is -2.61. The molecule has 4 saturated heterocycles. The van der Waals surface area contributed by atoms with Crippen molar-refractivity contribution in [1.29, 1.82) is 0 Å². The van der Waals surface area contributed by atoms with Gasteiger partial charge in [0.1, 0.15) is 18.1 Å². The van der Waals surface area contributed by atoms with Crippen LogP contribution in [0.1, 0.15) is 0 Å². The Morgan fingerprint density at radius 2 is 2.06 bits per heavy atom. The van der Waals surface area contributed by atoms with Gasteiger partial charge in [0, 0.05) is 23.5 Å². The Balaban J connectivity index is 1.32. The van der Waals surface area contributed by atoms with Crippen molar-refractivity contribution in [2.45, 2.75) is 11.7 Å². The van der Waals surface area contributed by atoms with Gasteiger partial charge in [-0.1, -0.05) is 12.6 Å². The highest BCUT2D eigenvalue weighted by Gasteiger charge is 2.89. The fraction of sp³-hybridized carbons (Fsp3) is 0.167. The maximum absolute atomic E-state index is 15.1. The van der Waals surface area contributed by atoms with Crippen LogP contribution in [0.5, 0.6) is 0 Å². The Kier molecular flexibility index (Phi) is 3.95. The van der Waals surface area contributed by atoms with E-state index in [2.05, 4.69) is 27.0 Å². The van der Waals surface area contributed by atoms with Gasteiger partial charge >= 0.3 is 25.6 Å². The summed E-state index contributed by atoms with van der Waals surface area (Å²) in [5.74, 6) is -4.67. The number of pyridine rings is 1. The summed E-state index contributed by atoms with van der Waals surface area (Å²) in [6.45, 7) is 2.65. The second kappa shape index (κ2) is 6.50. The first-order valence-corrected chi connectivity index (χ1v) is 10.8. The zero-order valence-corrected chi connectivity index (χ0v) is 17.3. The van der Waals surface area contributed by atoms with E-state index in [0.29, 0.717) is 11.3 Å². The van der Waals surface area contributed by atoms with Crippen molar-refractivity contribution in [3.05, 3.63) is 48.9 Å². The second-order valence-electron chi connectivity index (χ2n) is 7.13. The van der Waals surface area contributed by atoms with Crippen LogP contribution in [0, 0.1) is 5.82 Å². The highest BCUT2D eigenvalue weighted by molar-refractivity contribution is 7.50. The third kappa shape index (κ3) is 2.60. The lowest BCUT2D eigenvalue weighted by molar-refractivity contribution is -0.259. The smallest absolute Gasteiger partial charge is 0.405 e. The Morgan fingerprint density at radius 3 is 2.70 bits per heavy atom. The van der Waals surface area contributed by atoms with Crippen molar-refractivity contribution < 1.29 is 37.2 Å². The van der Waals surface area contributed by atoms with Gasteiger partial charge in [0.05, 0.1) is 5.69 Å². The minimum atomic E-state index is -3.96. The molecule has 1 aromatic carbocycles. The van der Waals surface area contributed by atoms with Crippen LogP contribution in [0.15, 0.2) is 43.1 Å². The first-order valence-electron chi connectivity index (χ1n) is 9.37. The first-order chi connectivity index (χ1) is 15.8. The van der Waals surface area contributed by atoms with E-state index in [1.165, 1.54) is 29.3 Å². The fourth-order valence-electron chi connectivity index (χ4n) is 3.77. The Labute approximate surface area is 183 Å². The number of ether oxygens (including phenoxy) is 1. The van der Waals surface area contributed by atoms with Gasteiger partial charge < -0.3 is 9.84 Å². The number of carbonyl (C=O) groups excluding carboxylic acids is 1. The summed E-state index contributed by atoms with van der Waals surface area (Å²) in [6.07, 6.45) is 1.77. The van der Waals surface area contributed by atoms with Gasteiger partial charge in [-0.25, -0.2) is 32.2 Å². The molecular formula is C18H12FN6O7P. The fourth-order valence-corrected chi connectivity index (χ4v) is 5.48. The van der Waals surface area contributed by atoms with Crippen LogP contribution in [0.3, 0.4) is 0 Å². The van der Waals surface area contributed by atoms with Crippen LogP contribution < -0.4 is 4.90 Å². The molecule has 4 aliphatic rings. The van der Waals surface area contributed by atoms with Crippen LogP contribution in [0.4, 0.5) is 14.9 Å². The molecule has 33 heavy (non-hydrogen) atoms. The number of phosphoric ester groups is 1. The standard InChI is InChI=1S/C18H12FN6O7P/c1-2-24-22-15(21-23-24)14-6-3-10(8-20-14)12-5-4-11(7-13(12)19)25-16(27)29-17(9-26)18(25)31-33(28,30-17)32-18/h2-8,26H,1,9H2/t17-,18?,33?/m0/s1. The number of halogens is 1. The summed E-state index contributed by atoms with van der Waals surface area (Å²) >= 11 is 0. The van der Waals surface area contributed by atoms with E-state index >= 15 is 4.39 Å². The van der Waals surface area contributed by atoms with Crippen molar-refractivity contribution in [2.75, 3.05) is 11.5 Å². The normalized spacial score (nSPS) is 29.5. The molecule has 168 valence electrons. The Bertz CT molecular complexity index is 1370. The van der Waals surface area contributed by atoms with Gasteiger partial charge in [-0.15, -0.1) is 15.0 Å². The molecule has 0 saturated carbocycles. The maximum Gasteiger partial charge on any atom is 0.486 e. The maximum atomic E-state index is 15.1. The molecule has 15 heteroatoms. The van der Waals surface area contributed by atoms with Crippen LogP contribution in [0.25, 0.3) is 28.8 Å². The van der Waals surface area contributed by atoms with E-state index < -0.39 is 38.0 Å². The van der Waals surface area contributed by atoms with Crippen LogP contribution in [0.2, 0.25) is 0 Å². The molecule has 1 amide bonds. The van der Waals surface area contributed by atoms with Gasteiger partial charge in [-0.05, 0) is 29.5 Å². The highest BCUT2D eigenvalue weighted by atomic mass is 31.2. The molecule has 2 bridgehead atoms. The van der Waals surface area contributed by atoms with Gasteiger partial charge in [-0.3, -0.25) is 4.98 Å². The largest absolute Gasteiger partial charge is 0.486 e. The van der Waals surface area contributed by atoms with Crippen LogP contribution in [-0.2, 0) is 22.9 Å². The summed E-state index contributed by atoms with van der Waals surface area (Å²) in [6, 6.07) is 7.07. The molecule has 0 aliphatic carbocycles. The lowest BCUT2D eigenvalue weighted by atomic mass is 10.1. The Morgan fingerprint density at radius 1 is 1.24 bits per heavy atom. The number of amides is 1. The number of hydrogen-bond donors (Lipinski definition) is 1. The predicted octanol–water partition coefficient (Wildman–Crippen LogP) is 2.13. The minimum Gasteiger partial charge on any atom is -0.405 e. The molecule has 13 nitrogen and oxygen atoms in total. The van der Waals surface area contributed by atoms with Gasteiger partial charge in [0.15, 0.2) is 0 Å². The highest BCUT2D eigenvalue weighted by Crippen LogP contribution is 2.80. The molecule has 4 aliphatic heterocycles. The van der Waals surface area contributed by atoms with Crippen molar-refractivity contribution >= 4 is 25.8 Å². The number of tetrazole rings is 1. The summed E-state index contributed by atoms with van der Waals surface area (Å²) in [7, 11) is -3.96. The van der Waals surface area contributed by atoms with E-state index in [9.17, 15) is 14.5 Å². The van der Waals surface area contributed by atoms with Crippen molar-refractivity contribution in [1.82, 2.24) is 25.2 Å². The zero-order valence-electron chi connectivity index (χ0n) is 16.4. The third-order valence-electron chi connectivity index (χ3n) is 5.25. The summed E-state index contributed by atoms with van der Waals surface area (Å²) in [5.41, 5.74) is 1.02. The third-order valence-corrected chi connectivity index (χ3v) is 6.72. The molecule has 0 radical (unpaired) electrons. The number of rotatable bonds is 5. The predicted molar refractivity (Wildman–Crippen MR) is 105 cm³/mol. The van der Waals surface area contributed by atoms with Crippen LogP contribution >= 0.6 is 7.82 Å². The number of carbonyl (C=O) groups is 1. The molecular weight excluding hydrogens is 462 g/mol. The first kappa shape index (κ1) is 20.1. The lowest BCUT2D eigenvalue weighted by Gasteiger charge is -2.38. The van der Waals surface area contributed by atoms with E-state index in [4.69, 9.17) is 18.3 Å². The van der Waals surface area contributed by atoms with Crippen molar-refractivity contribution in [3.63, 3.8) is 0 Å². The SMILES string of the molecule is C=Cn1nnc(-c2ccc(-c3ccc(N4C(=O)O[C@@]5(CO)OP6(=O)OC45O6)cc3F)cn2)n1. The zero-order chi connectivity index (χ0) is 23.0. The number of anilines is 1. The molecule has 7 rings (SSSR count). The Hall–Kier alpha value is -3.55. The number of benzene rings is 1. The summed E-state index contributed by atoms with van der Waals surface area (Å²) in [4.78, 5) is 18.7. The summed E-state index contributed by atoms with van der Waals surface area (Å²) in [5, 5.41) is 21.3. The van der Waals surface area contributed by atoms with Gasteiger partial charge in [0.2, 0.25) is 5.82 Å². The molecule has 1 spiro atoms. The van der Waals surface area contributed by atoms with Gasteiger partial charge in [0.25, 0.3) is 0 Å². The number of nitrogens with zero attached hydrogens (tertiary/aromatic N) is 6.